The molecule has 0 aliphatic carbocycles. The molecule has 0 saturated heterocycles. The number of methoxy groups -OCH3 is 1. The number of rotatable bonds is 6. The number of hydrogen-bond donors (Lipinski definition) is 2. The predicted octanol–water partition coefficient (Wildman–Crippen LogP) is 0.0415. The number of carbonyl (C=O) groups excluding carboxylic acids is 1. The molecule has 2 amide bonds. The van der Waals surface area contributed by atoms with Crippen molar-refractivity contribution < 1.29 is 19.4 Å². The molecule has 8 nitrogen and oxygen atoms in total. The standard InChI is InChI=1S/C10H14N4O4/c1-18-6-5-14(7-8(15)16)10(17)13-9-11-3-2-4-12-9/h2-4H,5-7H2,1H3,(H,15,16)(H,11,12,13,17). The number of amides is 2. The smallest absolute Gasteiger partial charge is 0.324 e. The second-order valence-electron chi connectivity index (χ2n) is 3.31. The van der Waals surface area contributed by atoms with Gasteiger partial charge >= 0.3 is 12.0 Å². The van der Waals surface area contributed by atoms with Crippen LogP contribution >= 0.6 is 0 Å². The van der Waals surface area contributed by atoms with Gasteiger partial charge in [-0.3, -0.25) is 10.1 Å². The summed E-state index contributed by atoms with van der Waals surface area (Å²) in [6, 6.07) is 1.02. The van der Waals surface area contributed by atoms with E-state index in [1.807, 2.05) is 0 Å². The molecule has 0 spiro atoms. The number of aliphatic carboxylic acids is 1. The molecule has 0 aliphatic heterocycles. The molecule has 0 aliphatic rings. The molecule has 0 fully saturated rings. The van der Waals surface area contributed by atoms with Gasteiger partial charge in [-0.1, -0.05) is 0 Å². The van der Waals surface area contributed by atoms with E-state index in [0.29, 0.717) is 0 Å². The van der Waals surface area contributed by atoms with Crippen molar-refractivity contribution in [3.8, 4) is 0 Å². The van der Waals surface area contributed by atoms with Crippen molar-refractivity contribution in [2.75, 3.05) is 32.1 Å². The van der Waals surface area contributed by atoms with Crippen LogP contribution in [-0.4, -0.2) is 58.8 Å². The SMILES string of the molecule is COCCN(CC(=O)O)C(=O)Nc1ncccn1. The topological polar surface area (TPSA) is 105 Å². The van der Waals surface area contributed by atoms with E-state index in [1.54, 1.807) is 6.07 Å². The fraction of sp³-hybridized carbons (Fsp3) is 0.400. The van der Waals surface area contributed by atoms with Gasteiger partial charge in [-0.15, -0.1) is 0 Å². The van der Waals surface area contributed by atoms with Crippen molar-refractivity contribution in [3.63, 3.8) is 0 Å². The number of aromatic nitrogens is 2. The summed E-state index contributed by atoms with van der Waals surface area (Å²) in [5.41, 5.74) is 0. The van der Waals surface area contributed by atoms with E-state index in [4.69, 9.17) is 9.84 Å². The number of carboxylic acids is 1. The van der Waals surface area contributed by atoms with E-state index in [0.717, 1.165) is 4.90 Å². The van der Waals surface area contributed by atoms with Gasteiger partial charge in [0.05, 0.1) is 6.61 Å². The van der Waals surface area contributed by atoms with Crippen LogP contribution < -0.4 is 5.32 Å². The third-order valence-corrected chi connectivity index (χ3v) is 1.96. The molecule has 1 rings (SSSR count). The highest BCUT2D eigenvalue weighted by molar-refractivity contribution is 5.89. The molecular weight excluding hydrogens is 240 g/mol. The van der Waals surface area contributed by atoms with E-state index in [9.17, 15) is 9.59 Å². The van der Waals surface area contributed by atoms with Crippen LogP contribution in [0.3, 0.4) is 0 Å². The van der Waals surface area contributed by atoms with E-state index in [-0.39, 0.29) is 19.1 Å². The number of carbonyl (C=O) groups is 2. The van der Waals surface area contributed by atoms with Gasteiger partial charge in [0.25, 0.3) is 0 Å². The predicted molar refractivity (Wildman–Crippen MR) is 62.1 cm³/mol. The zero-order chi connectivity index (χ0) is 13.4. The fourth-order valence-corrected chi connectivity index (χ4v) is 1.16. The van der Waals surface area contributed by atoms with Crippen molar-refractivity contribution in [3.05, 3.63) is 18.5 Å². The summed E-state index contributed by atoms with van der Waals surface area (Å²) in [6.07, 6.45) is 2.94. The zero-order valence-electron chi connectivity index (χ0n) is 9.87. The molecule has 0 unspecified atom stereocenters. The van der Waals surface area contributed by atoms with Crippen LogP contribution in [0.2, 0.25) is 0 Å². The van der Waals surface area contributed by atoms with Gasteiger partial charge in [-0.05, 0) is 6.07 Å². The van der Waals surface area contributed by atoms with Crippen molar-refractivity contribution in [1.82, 2.24) is 14.9 Å². The van der Waals surface area contributed by atoms with Crippen molar-refractivity contribution in [2.24, 2.45) is 0 Å². The maximum atomic E-state index is 11.8. The Morgan fingerprint density at radius 3 is 2.67 bits per heavy atom. The normalized spacial score (nSPS) is 9.83. The average Bonchev–Trinajstić information content (AvgIpc) is 2.35. The monoisotopic (exact) mass is 254 g/mol. The first kappa shape index (κ1) is 13.8. The molecule has 8 heteroatoms. The number of anilines is 1. The van der Waals surface area contributed by atoms with Crippen LogP contribution in [-0.2, 0) is 9.53 Å². The van der Waals surface area contributed by atoms with Crippen LogP contribution in [0.15, 0.2) is 18.5 Å². The molecule has 0 bridgehead atoms. The Bertz CT molecular complexity index is 398. The van der Waals surface area contributed by atoms with Crippen LogP contribution in [0.4, 0.5) is 10.7 Å². The Hall–Kier alpha value is -2.22. The molecule has 18 heavy (non-hydrogen) atoms. The minimum absolute atomic E-state index is 0.121. The maximum Gasteiger partial charge on any atom is 0.324 e. The zero-order valence-corrected chi connectivity index (χ0v) is 9.87. The number of hydrogen-bond acceptors (Lipinski definition) is 5. The van der Waals surface area contributed by atoms with Gasteiger partial charge in [-0.25, -0.2) is 14.8 Å². The van der Waals surface area contributed by atoms with Gasteiger partial charge in [-0.2, -0.15) is 0 Å². The molecule has 0 atom stereocenters. The molecule has 0 saturated carbocycles. The Morgan fingerprint density at radius 2 is 2.11 bits per heavy atom. The van der Waals surface area contributed by atoms with Crippen molar-refractivity contribution in [2.45, 2.75) is 0 Å². The molecule has 1 aromatic heterocycles. The largest absolute Gasteiger partial charge is 0.480 e. The van der Waals surface area contributed by atoms with Gasteiger partial charge in [0.1, 0.15) is 6.54 Å². The van der Waals surface area contributed by atoms with E-state index >= 15 is 0 Å². The third-order valence-electron chi connectivity index (χ3n) is 1.96. The molecule has 0 aromatic carbocycles. The lowest BCUT2D eigenvalue weighted by atomic mass is 10.5. The Morgan fingerprint density at radius 1 is 1.44 bits per heavy atom. The average molecular weight is 254 g/mol. The molecule has 98 valence electrons. The summed E-state index contributed by atoms with van der Waals surface area (Å²) in [5, 5.41) is 11.1. The second-order valence-corrected chi connectivity index (χ2v) is 3.31. The van der Waals surface area contributed by atoms with E-state index in [2.05, 4.69) is 15.3 Å². The number of nitrogens with zero attached hydrogens (tertiary/aromatic N) is 3. The van der Waals surface area contributed by atoms with Crippen LogP contribution in [0.1, 0.15) is 0 Å². The number of ether oxygens (including phenoxy) is 1. The van der Waals surface area contributed by atoms with E-state index < -0.39 is 18.5 Å². The number of nitrogens with one attached hydrogen (secondary N) is 1. The maximum absolute atomic E-state index is 11.8. The van der Waals surface area contributed by atoms with Gasteiger partial charge < -0.3 is 14.7 Å². The Labute approximate surface area is 104 Å². The van der Waals surface area contributed by atoms with E-state index in [1.165, 1.54) is 19.5 Å². The summed E-state index contributed by atoms with van der Waals surface area (Å²) in [6.45, 7) is -0.000158. The summed E-state index contributed by atoms with van der Waals surface area (Å²) in [7, 11) is 1.47. The summed E-state index contributed by atoms with van der Waals surface area (Å²) in [4.78, 5) is 31.1. The molecule has 1 heterocycles. The fourth-order valence-electron chi connectivity index (χ4n) is 1.16. The first-order valence-electron chi connectivity index (χ1n) is 5.17. The first-order chi connectivity index (χ1) is 8.63. The third kappa shape index (κ3) is 4.74. The van der Waals surface area contributed by atoms with Crippen molar-refractivity contribution >= 4 is 17.9 Å². The molecule has 0 radical (unpaired) electrons. The summed E-state index contributed by atoms with van der Waals surface area (Å²) >= 11 is 0. The minimum Gasteiger partial charge on any atom is -0.480 e. The second kappa shape index (κ2) is 7.17. The first-order valence-corrected chi connectivity index (χ1v) is 5.17. The van der Waals surface area contributed by atoms with Crippen LogP contribution in [0.25, 0.3) is 0 Å². The van der Waals surface area contributed by atoms with Crippen LogP contribution in [0, 0.1) is 0 Å². The Kier molecular flexibility index (Phi) is 5.52. The molecule has 1 aromatic rings. The number of carboxylic acid groups (broad SMARTS) is 1. The Balaban J connectivity index is 2.60. The lowest BCUT2D eigenvalue weighted by Gasteiger charge is -2.19. The molecular formula is C10H14N4O4. The number of urea groups is 1. The van der Waals surface area contributed by atoms with Gasteiger partial charge in [0, 0.05) is 26.0 Å². The quantitative estimate of drug-likeness (QED) is 0.742. The lowest BCUT2D eigenvalue weighted by Crippen LogP contribution is -2.41. The van der Waals surface area contributed by atoms with Gasteiger partial charge in [0.15, 0.2) is 0 Å². The highest BCUT2D eigenvalue weighted by Crippen LogP contribution is 1.98. The summed E-state index contributed by atoms with van der Waals surface area (Å²) < 4.78 is 4.81. The van der Waals surface area contributed by atoms with Crippen LogP contribution in [0.5, 0.6) is 0 Å². The highest BCUT2D eigenvalue weighted by atomic mass is 16.5. The highest BCUT2D eigenvalue weighted by Gasteiger charge is 2.17. The lowest BCUT2D eigenvalue weighted by molar-refractivity contribution is -0.137. The minimum atomic E-state index is -1.10. The van der Waals surface area contributed by atoms with Crippen molar-refractivity contribution in [1.29, 1.82) is 0 Å². The van der Waals surface area contributed by atoms with Gasteiger partial charge in [0.2, 0.25) is 5.95 Å². The summed E-state index contributed by atoms with van der Waals surface area (Å²) in [5.74, 6) is -0.981. The molecule has 2 N–H and O–H groups in total.